The molecule has 2 heterocycles. The van der Waals surface area contributed by atoms with Gasteiger partial charge in [0.15, 0.2) is 0 Å². The predicted molar refractivity (Wildman–Crippen MR) is 74.1 cm³/mol. The number of thiophene rings is 1. The van der Waals surface area contributed by atoms with Crippen LogP contribution in [0.4, 0.5) is 0 Å². The van der Waals surface area contributed by atoms with Gasteiger partial charge in [-0.1, -0.05) is 19.9 Å². The first-order valence-electron chi connectivity index (χ1n) is 6.89. The van der Waals surface area contributed by atoms with E-state index in [0.717, 1.165) is 12.3 Å². The highest BCUT2D eigenvalue weighted by Crippen LogP contribution is 2.70. The third kappa shape index (κ3) is 1.32. The fraction of sp³-hybridized carbons (Fsp3) is 0.714. The zero-order valence-electron chi connectivity index (χ0n) is 11.2. The summed E-state index contributed by atoms with van der Waals surface area (Å²) in [5, 5.41) is 4.23. The van der Waals surface area contributed by atoms with Gasteiger partial charge in [-0.25, -0.2) is 0 Å². The molecule has 0 bridgehead atoms. The summed E-state index contributed by atoms with van der Waals surface area (Å²) in [6, 6.07) is 2.12. The topological polar surface area (TPSA) is 18.5 Å². The van der Waals surface area contributed by atoms with Gasteiger partial charge in [-0.2, -0.15) is 11.3 Å². The molecule has 4 heteroatoms. The highest BCUT2D eigenvalue weighted by Gasteiger charge is 2.72. The number of hydrogen-bond donors (Lipinski definition) is 0. The molecule has 0 spiro atoms. The van der Waals surface area contributed by atoms with E-state index in [1.165, 1.54) is 11.9 Å². The molecule has 18 heavy (non-hydrogen) atoms. The molecule has 4 rings (SSSR count). The van der Waals surface area contributed by atoms with Crippen molar-refractivity contribution in [3.63, 3.8) is 0 Å². The number of hydrogen-bond acceptors (Lipinski definition) is 3. The molecule has 1 aromatic rings. The maximum Gasteiger partial charge on any atom is 0.495 e. The Balaban J connectivity index is 1.64. The second-order valence-corrected chi connectivity index (χ2v) is 7.58. The van der Waals surface area contributed by atoms with Crippen LogP contribution in [-0.4, -0.2) is 18.8 Å². The normalized spacial score (nSPS) is 44.6. The van der Waals surface area contributed by atoms with Crippen LogP contribution in [0, 0.1) is 17.3 Å². The quantitative estimate of drug-likeness (QED) is 0.724. The van der Waals surface area contributed by atoms with Crippen LogP contribution in [0.1, 0.15) is 33.6 Å². The molecule has 3 fully saturated rings. The minimum atomic E-state index is -0.138. The van der Waals surface area contributed by atoms with Crippen LogP contribution in [0.5, 0.6) is 0 Å². The molecule has 1 aromatic heterocycles. The van der Waals surface area contributed by atoms with E-state index in [4.69, 9.17) is 9.31 Å². The molecule has 0 unspecified atom stereocenters. The van der Waals surface area contributed by atoms with Crippen LogP contribution >= 0.6 is 11.3 Å². The highest BCUT2D eigenvalue weighted by atomic mass is 32.1. The Hall–Kier alpha value is -0.315. The molecule has 96 valence electrons. The van der Waals surface area contributed by atoms with Crippen LogP contribution in [-0.2, 0) is 9.31 Å². The lowest BCUT2D eigenvalue weighted by molar-refractivity contribution is 0.000212. The predicted octanol–water partition coefficient (Wildman–Crippen LogP) is 2.68. The standard InChI is InChI=1S/C14H19BO2S/c1-13(2)10-4-5-11-14(3,12(10)13)17-15(16-11)9-6-7-18-8-9/h6-8,10-12H,4-5H2,1-3H3/t10-,11-,12+,14+/m0/s1. The van der Waals surface area contributed by atoms with E-state index in [0.29, 0.717) is 11.3 Å². The smallest absolute Gasteiger partial charge is 0.401 e. The van der Waals surface area contributed by atoms with Crippen molar-refractivity contribution in [2.75, 3.05) is 0 Å². The Morgan fingerprint density at radius 1 is 1.33 bits per heavy atom. The Bertz CT molecular complexity index is 472. The van der Waals surface area contributed by atoms with E-state index in [-0.39, 0.29) is 18.8 Å². The summed E-state index contributed by atoms with van der Waals surface area (Å²) in [4.78, 5) is 0. The van der Waals surface area contributed by atoms with E-state index in [9.17, 15) is 0 Å². The first-order chi connectivity index (χ1) is 8.53. The van der Waals surface area contributed by atoms with Crippen molar-refractivity contribution >= 4 is 23.9 Å². The molecule has 0 amide bonds. The van der Waals surface area contributed by atoms with E-state index in [1.807, 2.05) is 0 Å². The monoisotopic (exact) mass is 262 g/mol. The van der Waals surface area contributed by atoms with Gasteiger partial charge in [0.2, 0.25) is 0 Å². The third-order valence-electron chi connectivity index (χ3n) is 5.51. The van der Waals surface area contributed by atoms with Crippen LogP contribution in [0.15, 0.2) is 16.8 Å². The summed E-state index contributed by atoms with van der Waals surface area (Å²) >= 11 is 1.71. The molecule has 0 radical (unpaired) electrons. The average molecular weight is 262 g/mol. The Kier molecular flexibility index (Phi) is 2.18. The highest BCUT2D eigenvalue weighted by molar-refractivity contribution is 7.09. The fourth-order valence-corrected chi connectivity index (χ4v) is 5.22. The summed E-state index contributed by atoms with van der Waals surface area (Å²) in [5.41, 5.74) is 1.56. The minimum absolute atomic E-state index is 0.0704. The van der Waals surface area contributed by atoms with E-state index in [1.54, 1.807) is 11.3 Å². The molecule has 2 nitrogen and oxygen atoms in total. The largest absolute Gasteiger partial charge is 0.495 e. The second kappa shape index (κ2) is 3.41. The van der Waals surface area contributed by atoms with Crippen molar-refractivity contribution in [1.82, 2.24) is 0 Å². The lowest BCUT2D eigenvalue weighted by Crippen LogP contribution is -2.43. The van der Waals surface area contributed by atoms with E-state index < -0.39 is 0 Å². The van der Waals surface area contributed by atoms with Crippen LogP contribution in [0.25, 0.3) is 0 Å². The molecule has 3 aliphatic rings. The first-order valence-corrected chi connectivity index (χ1v) is 7.83. The number of rotatable bonds is 1. The number of fused-ring (bicyclic) bond motifs is 3. The van der Waals surface area contributed by atoms with Gasteiger partial charge in [0.05, 0.1) is 11.7 Å². The summed E-state index contributed by atoms with van der Waals surface area (Å²) in [6.07, 6.45) is 2.74. The molecule has 1 aliphatic heterocycles. The van der Waals surface area contributed by atoms with Crippen molar-refractivity contribution < 1.29 is 9.31 Å². The Morgan fingerprint density at radius 2 is 2.17 bits per heavy atom. The fourth-order valence-electron chi connectivity index (χ4n) is 4.55. The van der Waals surface area contributed by atoms with Gasteiger partial charge < -0.3 is 9.31 Å². The summed E-state index contributed by atoms with van der Waals surface area (Å²) in [6.45, 7) is 7.05. The van der Waals surface area contributed by atoms with Gasteiger partial charge in [0.1, 0.15) is 0 Å². The van der Waals surface area contributed by atoms with E-state index >= 15 is 0 Å². The lowest BCUT2D eigenvalue weighted by Gasteiger charge is -2.34. The van der Waals surface area contributed by atoms with Crippen molar-refractivity contribution in [3.05, 3.63) is 16.8 Å². The van der Waals surface area contributed by atoms with Crippen molar-refractivity contribution in [3.8, 4) is 0 Å². The van der Waals surface area contributed by atoms with Crippen molar-refractivity contribution in [1.29, 1.82) is 0 Å². The maximum absolute atomic E-state index is 6.37. The zero-order chi connectivity index (χ0) is 12.5. The average Bonchev–Trinajstić information content (AvgIpc) is 2.77. The SMILES string of the molecule is CC1(C)[C@H]2[C@@H]1CC[C@@H]1OB(c3ccsc3)O[C@]12C. The zero-order valence-corrected chi connectivity index (χ0v) is 12.0. The van der Waals surface area contributed by atoms with Crippen LogP contribution in [0.2, 0.25) is 0 Å². The molecule has 4 atom stereocenters. The molecular formula is C14H19BO2S. The molecule has 0 aromatic carbocycles. The van der Waals surface area contributed by atoms with Gasteiger partial charge in [-0.15, -0.1) is 0 Å². The maximum atomic E-state index is 6.37. The van der Waals surface area contributed by atoms with Gasteiger partial charge in [0.25, 0.3) is 0 Å². The van der Waals surface area contributed by atoms with Crippen molar-refractivity contribution in [2.24, 2.45) is 17.3 Å². The lowest BCUT2D eigenvalue weighted by atomic mass is 9.81. The first kappa shape index (κ1) is 11.5. The third-order valence-corrected chi connectivity index (χ3v) is 6.21. The van der Waals surface area contributed by atoms with Gasteiger partial charge in [-0.3, -0.25) is 0 Å². The molecule has 1 saturated heterocycles. The van der Waals surface area contributed by atoms with Gasteiger partial charge >= 0.3 is 7.12 Å². The summed E-state index contributed by atoms with van der Waals surface area (Å²) in [5.74, 6) is 1.51. The summed E-state index contributed by atoms with van der Waals surface area (Å²) in [7, 11) is -0.138. The van der Waals surface area contributed by atoms with E-state index in [2.05, 4.69) is 37.6 Å². The Morgan fingerprint density at radius 3 is 2.89 bits per heavy atom. The van der Waals surface area contributed by atoms with Gasteiger partial charge in [0, 0.05) is 0 Å². The molecule has 2 saturated carbocycles. The molecular weight excluding hydrogens is 243 g/mol. The second-order valence-electron chi connectivity index (χ2n) is 6.80. The molecule has 0 N–H and O–H groups in total. The molecule has 2 aliphatic carbocycles. The van der Waals surface area contributed by atoms with Crippen LogP contribution < -0.4 is 5.46 Å². The van der Waals surface area contributed by atoms with Crippen LogP contribution in [0.3, 0.4) is 0 Å². The Labute approximate surface area is 113 Å². The minimum Gasteiger partial charge on any atom is -0.401 e. The van der Waals surface area contributed by atoms with Gasteiger partial charge in [-0.05, 0) is 53.2 Å². The van der Waals surface area contributed by atoms with Crippen molar-refractivity contribution in [2.45, 2.75) is 45.3 Å². The summed E-state index contributed by atoms with van der Waals surface area (Å²) < 4.78 is 12.6.